The second-order valence-corrected chi connectivity index (χ2v) is 6.04. The van der Waals surface area contributed by atoms with E-state index in [4.69, 9.17) is 5.11 Å². The minimum Gasteiger partial charge on any atom is -0.396 e. The van der Waals surface area contributed by atoms with Crippen molar-refractivity contribution in [3.05, 3.63) is 40.6 Å². The van der Waals surface area contributed by atoms with Gasteiger partial charge in [-0.2, -0.15) is 0 Å². The molecule has 0 aliphatic rings. The normalized spacial score (nSPS) is 10.7. The summed E-state index contributed by atoms with van der Waals surface area (Å²) in [6.07, 6.45) is 0.631. The third-order valence-corrected chi connectivity index (χ3v) is 4.67. The Hall–Kier alpha value is -1.89. The SMILES string of the molecule is C=Nc1nc(-c2csc(-c3ccccc3CCO)n2)cs1. The summed E-state index contributed by atoms with van der Waals surface area (Å²) in [5.41, 5.74) is 3.84. The predicted molar refractivity (Wildman–Crippen MR) is 88.7 cm³/mol. The van der Waals surface area contributed by atoms with Gasteiger partial charge in [0.25, 0.3) is 0 Å². The maximum atomic E-state index is 9.16. The summed E-state index contributed by atoms with van der Waals surface area (Å²) in [6.45, 7) is 3.61. The fourth-order valence-corrected chi connectivity index (χ4v) is 3.53. The Bertz CT molecular complexity index is 764. The van der Waals surface area contributed by atoms with Crippen LogP contribution < -0.4 is 0 Å². The molecule has 0 atom stereocenters. The number of aromatic nitrogens is 2. The molecule has 0 bridgehead atoms. The Labute approximate surface area is 130 Å². The van der Waals surface area contributed by atoms with E-state index < -0.39 is 0 Å². The first-order valence-corrected chi connectivity index (χ1v) is 8.15. The van der Waals surface area contributed by atoms with Crippen molar-refractivity contribution in [1.29, 1.82) is 0 Å². The molecule has 0 radical (unpaired) electrons. The fourth-order valence-electron chi connectivity index (χ4n) is 2.04. The van der Waals surface area contributed by atoms with Crippen molar-refractivity contribution in [3.8, 4) is 22.0 Å². The van der Waals surface area contributed by atoms with Crippen LogP contribution in [-0.4, -0.2) is 28.4 Å². The lowest BCUT2D eigenvalue weighted by atomic mass is 10.1. The molecule has 106 valence electrons. The number of aliphatic hydroxyl groups is 1. The highest BCUT2D eigenvalue weighted by atomic mass is 32.1. The van der Waals surface area contributed by atoms with E-state index in [1.54, 1.807) is 11.3 Å². The van der Waals surface area contributed by atoms with Crippen molar-refractivity contribution in [2.24, 2.45) is 4.99 Å². The van der Waals surface area contributed by atoms with Crippen LogP contribution in [0, 0.1) is 0 Å². The Morgan fingerprint density at radius 3 is 2.62 bits per heavy atom. The van der Waals surface area contributed by atoms with Crippen molar-refractivity contribution in [2.45, 2.75) is 6.42 Å². The standard InChI is InChI=1S/C15H13N3OS2/c1-16-15-18-13(9-21-15)12-8-20-14(17-12)11-5-3-2-4-10(11)6-7-19/h2-5,8-9,19H,1,6-7H2. The number of rotatable bonds is 5. The van der Waals surface area contributed by atoms with Crippen molar-refractivity contribution < 1.29 is 5.11 Å². The molecule has 4 nitrogen and oxygen atoms in total. The summed E-state index contributed by atoms with van der Waals surface area (Å²) in [6, 6.07) is 8.02. The smallest absolute Gasteiger partial charge is 0.209 e. The van der Waals surface area contributed by atoms with E-state index >= 15 is 0 Å². The van der Waals surface area contributed by atoms with Gasteiger partial charge in [0, 0.05) is 22.9 Å². The number of thiazole rings is 2. The van der Waals surface area contributed by atoms with Crippen LogP contribution in [0.3, 0.4) is 0 Å². The zero-order valence-corrected chi connectivity index (χ0v) is 12.8. The van der Waals surface area contributed by atoms with Gasteiger partial charge in [-0.1, -0.05) is 24.3 Å². The lowest BCUT2D eigenvalue weighted by molar-refractivity contribution is 0.300. The van der Waals surface area contributed by atoms with Crippen molar-refractivity contribution >= 4 is 34.5 Å². The lowest BCUT2D eigenvalue weighted by Gasteiger charge is -2.04. The minimum atomic E-state index is 0.135. The van der Waals surface area contributed by atoms with E-state index in [1.807, 2.05) is 35.0 Å². The molecule has 0 amide bonds. The van der Waals surface area contributed by atoms with E-state index in [9.17, 15) is 0 Å². The van der Waals surface area contributed by atoms with Crippen LogP contribution in [0.25, 0.3) is 22.0 Å². The second-order valence-electron chi connectivity index (χ2n) is 4.34. The molecule has 0 spiro atoms. The number of benzene rings is 1. The molecular formula is C15H13N3OS2. The molecule has 21 heavy (non-hydrogen) atoms. The fraction of sp³-hybridized carbons (Fsp3) is 0.133. The molecule has 0 saturated carbocycles. The molecule has 3 rings (SSSR count). The molecule has 0 unspecified atom stereocenters. The molecule has 1 aromatic carbocycles. The van der Waals surface area contributed by atoms with Gasteiger partial charge in [0.1, 0.15) is 16.4 Å². The van der Waals surface area contributed by atoms with Crippen LogP contribution in [0.4, 0.5) is 5.13 Å². The molecule has 0 fully saturated rings. The Morgan fingerprint density at radius 1 is 1.10 bits per heavy atom. The summed E-state index contributed by atoms with van der Waals surface area (Å²) in [4.78, 5) is 12.8. The quantitative estimate of drug-likeness (QED) is 0.729. The van der Waals surface area contributed by atoms with E-state index in [0.717, 1.165) is 27.5 Å². The largest absolute Gasteiger partial charge is 0.396 e. The second kappa shape index (κ2) is 6.26. The first kappa shape index (κ1) is 14.1. The van der Waals surface area contributed by atoms with Gasteiger partial charge in [0.15, 0.2) is 0 Å². The van der Waals surface area contributed by atoms with Crippen LogP contribution >= 0.6 is 22.7 Å². The monoisotopic (exact) mass is 315 g/mol. The zero-order chi connectivity index (χ0) is 14.7. The van der Waals surface area contributed by atoms with Crippen molar-refractivity contribution in [3.63, 3.8) is 0 Å². The van der Waals surface area contributed by atoms with E-state index in [-0.39, 0.29) is 6.61 Å². The molecule has 6 heteroatoms. The Morgan fingerprint density at radius 2 is 1.86 bits per heavy atom. The number of aliphatic imine (C=N–C) groups is 1. The lowest BCUT2D eigenvalue weighted by Crippen LogP contribution is -1.93. The number of aliphatic hydroxyl groups excluding tert-OH is 1. The average Bonchev–Trinajstić information content (AvgIpc) is 3.17. The molecule has 1 N–H and O–H groups in total. The summed E-state index contributed by atoms with van der Waals surface area (Å²) >= 11 is 3.03. The first-order valence-electron chi connectivity index (χ1n) is 6.39. The zero-order valence-electron chi connectivity index (χ0n) is 11.2. The summed E-state index contributed by atoms with van der Waals surface area (Å²) in [5.74, 6) is 0. The van der Waals surface area contributed by atoms with Crippen molar-refractivity contribution in [2.75, 3.05) is 6.61 Å². The van der Waals surface area contributed by atoms with Gasteiger partial charge < -0.3 is 5.11 Å². The van der Waals surface area contributed by atoms with Gasteiger partial charge in [-0.3, -0.25) is 0 Å². The molecule has 0 aliphatic carbocycles. The highest BCUT2D eigenvalue weighted by Crippen LogP contribution is 2.32. The number of hydrogen-bond donors (Lipinski definition) is 1. The molecule has 2 heterocycles. The molecule has 3 aromatic rings. The summed E-state index contributed by atoms with van der Waals surface area (Å²) in [7, 11) is 0. The van der Waals surface area contributed by atoms with E-state index in [2.05, 4.69) is 21.7 Å². The topological polar surface area (TPSA) is 58.4 Å². The summed E-state index contributed by atoms with van der Waals surface area (Å²) < 4.78 is 0. The predicted octanol–water partition coefficient (Wildman–Crippen LogP) is 3.80. The maximum Gasteiger partial charge on any atom is 0.209 e. The third-order valence-electron chi connectivity index (χ3n) is 3.02. The Kier molecular flexibility index (Phi) is 4.19. The number of nitrogens with zero attached hydrogens (tertiary/aromatic N) is 3. The third kappa shape index (κ3) is 2.92. The van der Waals surface area contributed by atoms with Gasteiger partial charge in [-0.25, -0.2) is 15.0 Å². The summed E-state index contributed by atoms with van der Waals surface area (Å²) in [5, 5.41) is 14.7. The number of hydrogen-bond acceptors (Lipinski definition) is 6. The van der Waals surface area contributed by atoms with Crippen LogP contribution in [0.1, 0.15) is 5.56 Å². The average molecular weight is 315 g/mol. The van der Waals surface area contributed by atoms with Crippen LogP contribution in [0.15, 0.2) is 40.0 Å². The highest BCUT2D eigenvalue weighted by Gasteiger charge is 2.12. The van der Waals surface area contributed by atoms with Gasteiger partial charge in [-0.05, 0) is 18.7 Å². The van der Waals surface area contributed by atoms with E-state index in [1.165, 1.54) is 11.3 Å². The van der Waals surface area contributed by atoms with E-state index in [0.29, 0.717) is 11.6 Å². The van der Waals surface area contributed by atoms with Crippen LogP contribution in [0.5, 0.6) is 0 Å². The molecular weight excluding hydrogens is 302 g/mol. The molecule has 0 saturated heterocycles. The van der Waals surface area contributed by atoms with Crippen molar-refractivity contribution in [1.82, 2.24) is 9.97 Å². The maximum absolute atomic E-state index is 9.16. The van der Waals surface area contributed by atoms with Gasteiger partial charge in [0.2, 0.25) is 5.13 Å². The molecule has 0 aliphatic heterocycles. The van der Waals surface area contributed by atoms with Gasteiger partial charge >= 0.3 is 0 Å². The Balaban J connectivity index is 1.96. The minimum absolute atomic E-state index is 0.135. The van der Waals surface area contributed by atoms with Crippen LogP contribution in [-0.2, 0) is 6.42 Å². The van der Waals surface area contributed by atoms with Gasteiger partial charge in [-0.15, -0.1) is 22.7 Å². The first-order chi connectivity index (χ1) is 10.3. The highest BCUT2D eigenvalue weighted by molar-refractivity contribution is 7.14. The van der Waals surface area contributed by atoms with Crippen LogP contribution in [0.2, 0.25) is 0 Å². The molecule has 2 aromatic heterocycles. The van der Waals surface area contributed by atoms with Gasteiger partial charge in [0.05, 0.1) is 0 Å².